The Hall–Kier alpha value is -5.13. The minimum atomic E-state index is -2.89. The number of aryl methyl sites for hydroxylation is 1. The number of carbonyl (C=O) groups is 2. The molecule has 18 heteroatoms. The van der Waals surface area contributed by atoms with Crippen LogP contribution in [0.5, 0.6) is 0 Å². The number of anilines is 1. The van der Waals surface area contributed by atoms with Crippen molar-refractivity contribution >= 4 is 45.0 Å². The van der Waals surface area contributed by atoms with Crippen molar-refractivity contribution in [1.29, 1.82) is 0 Å². The summed E-state index contributed by atoms with van der Waals surface area (Å²) < 4.78 is 31.7. The van der Waals surface area contributed by atoms with Crippen molar-refractivity contribution in [2.45, 2.75) is 33.5 Å². The van der Waals surface area contributed by atoms with Gasteiger partial charge in [-0.1, -0.05) is 4.98 Å². The quantitative estimate of drug-likeness (QED) is 0.197. The summed E-state index contributed by atoms with van der Waals surface area (Å²) in [6.45, 7) is 4.11. The number of halogens is 2. The molecule has 0 atom stereocenters. The van der Waals surface area contributed by atoms with Crippen LogP contribution in [0, 0.1) is 17.0 Å². The van der Waals surface area contributed by atoms with Crippen LogP contribution in [0.15, 0.2) is 30.9 Å². The van der Waals surface area contributed by atoms with E-state index >= 15 is 0 Å². The Labute approximate surface area is 226 Å². The van der Waals surface area contributed by atoms with E-state index in [9.17, 15) is 28.5 Å². The highest BCUT2D eigenvalue weighted by atomic mass is 32.1. The number of carbonyl (C=O) groups excluding carboxylic acids is 2. The van der Waals surface area contributed by atoms with Crippen LogP contribution < -0.4 is 11.1 Å². The molecule has 0 radical (unpaired) electrons. The lowest BCUT2D eigenvalue weighted by molar-refractivity contribution is -0.394. The van der Waals surface area contributed by atoms with Crippen LogP contribution in [0.2, 0.25) is 0 Å². The predicted molar refractivity (Wildman–Crippen MR) is 137 cm³/mol. The largest absolute Gasteiger partial charge is 0.491 e. The van der Waals surface area contributed by atoms with Crippen molar-refractivity contribution in [3.8, 4) is 11.1 Å². The van der Waals surface area contributed by atoms with Gasteiger partial charge >= 0.3 is 5.95 Å². The van der Waals surface area contributed by atoms with E-state index in [1.807, 2.05) is 6.92 Å². The normalized spacial score (nSPS) is 11.4. The van der Waals surface area contributed by atoms with Gasteiger partial charge in [-0.05, 0) is 36.5 Å². The summed E-state index contributed by atoms with van der Waals surface area (Å²) in [7, 11) is 0. The van der Waals surface area contributed by atoms with Crippen LogP contribution in [0.3, 0.4) is 0 Å². The lowest BCUT2D eigenvalue weighted by atomic mass is 10.0. The number of nitrogens with two attached hydrogens (primary N) is 1. The number of hydrogen-bond acceptors (Lipinski definition) is 10. The summed E-state index contributed by atoms with van der Waals surface area (Å²) >= 11 is 0.780. The summed E-state index contributed by atoms with van der Waals surface area (Å²) in [5.41, 5.74) is 6.53. The average Bonchev–Trinajstić information content (AvgIpc) is 3.70. The molecular weight excluding hydrogens is 552 g/mol. The Kier molecular flexibility index (Phi) is 6.76. The fourth-order valence-corrected chi connectivity index (χ4v) is 5.10. The molecule has 5 aromatic heterocycles. The second kappa shape index (κ2) is 10.2. The number of amides is 2. The zero-order valence-electron chi connectivity index (χ0n) is 20.8. The molecule has 5 aromatic rings. The molecular formula is C22H19F2N11O4S. The van der Waals surface area contributed by atoms with Crippen molar-refractivity contribution in [2.75, 3.05) is 5.32 Å². The molecule has 0 bridgehead atoms. The number of rotatable bonds is 9. The first kappa shape index (κ1) is 26.5. The summed E-state index contributed by atoms with van der Waals surface area (Å²) in [5, 5.41) is 25.8. The maximum atomic E-state index is 13.8. The topological polar surface area (TPSA) is 195 Å². The maximum absolute atomic E-state index is 13.8. The van der Waals surface area contributed by atoms with E-state index in [0.717, 1.165) is 22.3 Å². The van der Waals surface area contributed by atoms with Crippen molar-refractivity contribution in [3.05, 3.63) is 62.9 Å². The fraction of sp³-hybridized carbons (Fsp3) is 0.227. The lowest BCUT2D eigenvalue weighted by Crippen LogP contribution is -2.18. The first-order valence-corrected chi connectivity index (χ1v) is 12.4. The van der Waals surface area contributed by atoms with Crippen molar-refractivity contribution in [2.24, 2.45) is 5.73 Å². The molecule has 0 saturated heterocycles. The predicted octanol–water partition coefficient (Wildman–Crippen LogP) is 2.98. The second-order valence-corrected chi connectivity index (χ2v) is 9.38. The number of nitro groups is 1. The number of nitrogens with zero attached hydrogens (tertiary/aromatic N) is 9. The van der Waals surface area contributed by atoms with E-state index in [1.165, 1.54) is 29.2 Å². The number of thiophene rings is 1. The second-order valence-electron chi connectivity index (χ2n) is 8.38. The van der Waals surface area contributed by atoms with Crippen molar-refractivity contribution < 1.29 is 23.3 Å². The highest BCUT2D eigenvalue weighted by Crippen LogP contribution is 2.43. The third-order valence-corrected chi connectivity index (χ3v) is 7.01. The van der Waals surface area contributed by atoms with Gasteiger partial charge in [-0.15, -0.1) is 11.3 Å². The average molecular weight is 572 g/mol. The molecule has 0 aliphatic heterocycles. The van der Waals surface area contributed by atoms with Crippen LogP contribution in [-0.2, 0) is 13.2 Å². The monoisotopic (exact) mass is 571 g/mol. The van der Waals surface area contributed by atoms with Gasteiger partial charge in [-0.3, -0.25) is 14.3 Å². The van der Waals surface area contributed by atoms with E-state index in [1.54, 1.807) is 11.6 Å². The van der Waals surface area contributed by atoms with Crippen LogP contribution >= 0.6 is 11.3 Å². The number of primary amides is 1. The summed E-state index contributed by atoms with van der Waals surface area (Å²) in [4.78, 5) is 43.2. The third kappa shape index (κ3) is 4.75. The van der Waals surface area contributed by atoms with Gasteiger partial charge in [0.1, 0.15) is 15.4 Å². The van der Waals surface area contributed by atoms with Gasteiger partial charge in [0, 0.05) is 34.5 Å². The molecule has 0 spiro atoms. The third-order valence-electron chi connectivity index (χ3n) is 5.91. The van der Waals surface area contributed by atoms with Crippen LogP contribution in [0.25, 0.3) is 21.3 Å². The molecule has 0 unspecified atom stereocenters. The summed E-state index contributed by atoms with van der Waals surface area (Å²) in [6, 6.07) is 2.58. The highest BCUT2D eigenvalue weighted by Gasteiger charge is 2.27. The zero-order valence-corrected chi connectivity index (χ0v) is 21.6. The van der Waals surface area contributed by atoms with Crippen LogP contribution in [0.4, 0.5) is 20.4 Å². The number of nitrogens with one attached hydrogen (secondary N) is 1. The molecule has 5 heterocycles. The van der Waals surface area contributed by atoms with E-state index in [2.05, 4.69) is 30.6 Å². The Bertz CT molecular complexity index is 1790. The van der Waals surface area contributed by atoms with Gasteiger partial charge in [0.2, 0.25) is 6.33 Å². The lowest BCUT2D eigenvalue weighted by Gasteiger charge is -2.10. The Morgan fingerprint density at radius 1 is 1.25 bits per heavy atom. The first-order valence-electron chi connectivity index (χ1n) is 11.5. The number of pyridine rings is 1. The molecule has 0 saturated carbocycles. The SMILES string of the molecule is CCn1ncc(-c2cc(C(F)F)nc3sc(C(N)=O)c(NC(=O)c4ccn(Cn5cnc([N+](=O)[O-])n5)n4)c23)c1C. The van der Waals surface area contributed by atoms with Gasteiger partial charge in [-0.25, -0.2) is 18.4 Å². The number of aromatic nitrogens is 8. The molecule has 0 aliphatic carbocycles. The zero-order chi connectivity index (χ0) is 28.7. The molecule has 5 rings (SSSR count). The van der Waals surface area contributed by atoms with Gasteiger partial charge < -0.3 is 21.2 Å². The van der Waals surface area contributed by atoms with E-state index in [-0.39, 0.29) is 33.1 Å². The van der Waals surface area contributed by atoms with E-state index in [4.69, 9.17) is 5.73 Å². The fourth-order valence-electron chi connectivity index (χ4n) is 4.09. The summed E-state index contributed by atoms with van der Waals surface area (Å²) in [6.07, 6.45) is 1.21. The van der Waals surface area contributed by atoms with E-state index in [0.29, 0.717) is 23.4 Å². The Balaban J connectivity index is 1.55. The minimum Gasteiger partial charge on any atom is -0.390 e. The Morgan fingerprint density at radius 3 is 2.65 bits per heavy atom. The van der Waals surface area contributed by atoms with Gasteiger partial charge in [0.15, 0.2) is 12.4 Å². The number of fused-ring (bicyclic) bond motifs is 1. The standard InChI is InChI=1S/C22H19F2N11O4S/c1-3-34-10(2)12(7-27-34)11-6-14(18(23)24)28-21-15(11)16(17(40-21)19(25)36)29-20(37)13-4-5-32(30-13)9-33-8-26-22(31-33)35(38)39/h4-8,18H,3,9H2,1-2H3,(H2,25,36)(H,29,37). The molecule has 0 aromatic carbocycles. The molecule has 206 valence electrons. The van der Waals surface area contributed by atoms with Crippen molar-refractivity contribution in [3.63, 3.8) is 0 Å². The smallest absolute Gasteiger partial charge is 0.390 e. The molecule has 2 amide bonds. The van der Waals surface area contributed by atoms with Crippen molar-refractivity contribution in [1.82, 2.24) is 39.3 Å². The molecule has 3 N–H and O–H groups in total. The van der Waals surface area contributed by atoms with Crippen LogP contribution in [0.1, 0.15) is 44.9 Å². The van der Waals surface area contributed by atoms with Gasteiger partial charge in [0.25, 0.3) is 18.2 Å². The Morgan fingerprint density at radius 2 is 2.02 bits per heavy atom. The van der Waals surface area contributed by atoms with Gasteiger partial charge in [0.05, 0.1) is 11.9 Å². The molecule has 40 heavy (non-hydrogen) atoms. The molecule has 0 aliphatic rings. The number of alkyl halides is 2. The first-order chi connectivity index (χ1) is 19.1. The van der Waals surface area contributed by atoms with E-state index < -0.39 is 34.8 Å². The van der Waals surface area contributed by atoms with Crippen LogP contribution in [-0.4, -0.2) is 56.0 Å². The molecule has 0 fully saturated rings. The summed E-state index contributed by atoms with van der Waals surface area (Å²) in [5.74, 6) is -2.20. The minimum absolute atomic E-state index is 0.00548. The molecule has 15 nitrogen and oxygen atoms in total. The van der Waals surface area contributed by atoms with Gasteiger partial charge in [-0.2, -0.15) is 14.9 Å². The maximum Gasteiger partial charge on any atom is 0.491 e. The highest BCUT2D eigenvalue weighted by molar-refractivity contribution is 7.21. The number of hydrogen-bond donors (Lipinski definition) is 2.